The number of hydrogen-bond donors (Lipinski definition) is 1. The number of nitro groups is 1. The van der Waals surface area contributed by atoms with E-state index in [0.29, 0.717) is 11.5 Å². The number of benzene rings is 4. The number of rotatable bonds is 6. The molecule has 7 heteroatoms. The van der Waals surface area contributed by atoms with Crippen molar-refractivity contribution in [2.24, 2.45) is 0 Å². The van der Waals surface area contributed by atoms with Crippen molar-refractivity contribution in [1.82, 2.24) is 0 Å². The van der Waals surface area contributed by atoms with E-state index in [0.717, 1.165) is 33.2 Å². The van der Waals surface area contributed by atoms with Crippen molar-refractivity contribution in [1.29, 1.82) is 0 Å². The lowest BCUT2D eigenvalue weighted by molar-refractivity contribution is -0.384. The third-order valence-electron chi connectivity index (χ3n) is 5.63. The van der Waals surface area contributed by atoms with Crippen LogP contribution in [0.4, 0.5) is 11.4 Å². The minimum Gasteiger partial charge on any atom is -0.497 e. The molecule has 5 rings (SSSR count). The summed E-state index contributed by atoms with van der Waals surface area (Å²) in [5.41, 5.74) is 3.85. The molecule has 0 spiro atoms. The Labute approximate surface area is 207 Å². The van der Waals surface area contributed by atoms with Gasteiger partial charge in [0, 0.05) is 22.6 Å². The second kappa shape index (κ2) is 9.95. The van der Waals surface area contributed by atoms with E-state index < -0.39 is 4.92 Å². The maximum Gasteiger partial charge on any atom is 0.269 e. The van der Waals surface area contributed by atoms with Crippen molar-refractivity contribution >= 4 is 28.8 Å². The van der Waals surface area contributed by atoms with E-state index >= 15 is 0 Å². The second-order valence-electron chi connectivity index (χ2n) is 7.85. The van der Waals surface area contributed by atoms with Gasteiger partial charge in [-0.05, 0) is 42.0 Å². The summed E-state index contributed by atoms with van der Waals surface area (Å²) in [6.07, 6.45) is 0. The smallest absolute Gasteiger partial charge is 0.269 e. The number of nitro benzene ring substituents is 1. The minimum absolute atomic E-state index is 0.0158. The third-order valence-corrected chi connectivity index (χ3v) is 6.96. The van der Waals surface area contributed by atoms with Crippen LogP contribution in [0.25, 0.3) is 5.70 Å². The first kappa shape index (κ1) is 22.6. The maximum absolute atomic E-state index is 11.1. The molecule has 1 atom stereocenters. The Morgan fingerprint density at radius 2 is 1.49 bits per heavy atom. The summed E-state index contributed by atoms with van der Waals surface area (Å²) in [5.74, 6) is 2.00. The van der Waals surface area contributed by atoms with Crippen molar-refractivity contribution in [2.45, 2.75) is 10.1 Å². The molecule has 1 aliphatic rings. The molecule has 35 heavy (non-hydrogen) atoms. The number of thioether (sulfide) groups is 1. The average molecular weight is 483 g/mol. The largest absolute Gasteiger partial charge is 0.497 e. The van der Waals surface area contributed by atoms with E-state index in [-0.39, 0.29) is 10.9 Å². The van der Waals surface area contributed by atoms with E-state index in [1.807, 2.05) is 72.8 Å². The molecule has 0 saturated heterocycles. The van der Waals surface area contributed by atoms with Crippen LogP contribution in [0.5, 0.6) is 11.5 Å². The number of methoxy groups -OCH3 is 1. The lowest BCUT2D eigenvalue weighted by Crippen LogP contribution is -2.11. The summed E-state index contributed by atoms with van der Waals surface area (Å²) in [6, 6.07) is 32.3. The summed E-state index contributed by atoms with van der Waals surface area (Å²) >= 11 is 1.68. The highest BCUT2D eigenvalue weighted by atomic mass is 32.2. The summed E-state index contributed by atoms with van der Waals surface area (Å²) in [4.78, 5) is 11.8. The van der Waals surface area contributed by atoms with Crippen LogP contribution in [-0.4, -0.2) is 12.0 Å². The van der Waals surface area contributed by atoms with Gasteiger partial charge in [-0.1, -0.05) is 54.6 Å². The lowest BCUT2D eigenvalue weighted by atomic mass is 10.0. The Hall–Kier alpha value is -4.23. The van der Waals surface area contributed by atoms with E-state index in [9.17, 15) is 10.1 Å². The first-order valence-electron chi connectivity index (χ1n) is 11.0. The van der Waals surface area contributed by atoms with Crippen LogP contribution in [0.15, 0.2) is 114 Å². The molecule has 174 valence electrons. The number of ether oxygens (including phenoxy) is 2. The molecule has 0 saturated carbocycles. The number of hydrogen-bond acceptors (Lipinski definition) is 6. The van der Waals surface area contributed by atoms with Gasteiger partial charge in [-0.3, -0.25) is 10.1 Å². The fourth-order valence-electron chi connectivity index (χ4n) is 3.87. The number of fused-ring (bicyclic) bond motifs is 1. The van der Waals surface area contributed by atoms with Gasteiger partial charge in [-0.15, -0.1) is 11.8 Å². The zero-order valence-electron chi connectivity index (χ0n) is 18.9. The molecule has 0 amide bonds. The first-order valence-corrected chi connectivity index (χ1v) is 11.9. The minimum atomic E-state index is -0.418. The van der Waals surface area contributed by atoms with Gasteiger partial charge in [-0.2, -0.15) is 0 Å². The monoisotopic (exact) mass is 482 g/mol. The third kappa shape index (κ3) is 4.85. The predicted octanol–water partition coefficient (Wildman–Crippen LogP) is 7.31. The zero-order chi connectivity index (χ0) is 24.2. The Morgan fingerprint density at radius 3 is 2.17 bits per heavy atom. The Bertz CT molecular complexity index is 1370. The van der Waals surface area contributed by atoms with Gasteiger partial charge in [0.15, 0.2) is 0 Å². The number of nitrogens with one attached hydrogen (secondary N) is 1. The van der Waals surface area contributed by atoms with Crippen molar-refractivity contribution in [2.75, 3.05) is 12.4 Å². The molecule has 0 fully saturated rings. The number of para-hydroxylation sites is 1. The van der Waals surface area contributed by atoms with Crippen LogP contribution in [0.2, 0.25) is 0 Å². The van der Waals surface area contributed by atoms with E-state index in [1.165, 1.54) is 12.1 Å². The highest BCUT2D eigenvalue weighted by molar-refractivity contribution is 8.00. The van der Waals surface area contributed by atoms with Crippen LogP contribution < -0.4 is 14.8 Å². The van der Waals surface area contributed by atoms with Crippen LogP contribution >= 0.6 is 11.8 Å². The molecule has 4 aromatic carbocycles. The molecule has 1 unspecified atom stereocenters. The standard InChI is InChI=1S/C28H22N2O4S/c1-33-22-15-11-20(12-16-22)28-27(34-23-17-13-21(14-18-23)30(31)32)26(19-7-3-2-4-8-19)29-24-9-5-6-10-25(24)35-28/h2-18,28-29H,1H3. The van der Waals surface area contributed by atoms with Crippen molar-refractivity contribution < 1.29 is 14.4 Å². The molecule has 0 radical (unpaired) electrons. The van der Waals surface area contributed by atoms with E-state index in [4.69, 9.17) is 9.47 Å². The Kier molecular flexibility index (Phi) is 6.41. The number of non-ortho nitro benzene ring substituents is 1. The molecule has 0 bridgehead atoms. The highest BCUT2D eigenvalue weighted by Gasteiger charge is 2.29. The van der Waals surface area contributed by atoms with Gasteiger partial charge in [0.2, 0.25) is 0 Å². The molecule has 1 heterocycles. The summed E-state index contributed by atoms with van der Waals surface area (Å²) < 4.78 is 11.9. The lowest BCUT2D eigenvalue weighted by Gasteiger charge is -2.22. The average Bonchev–Trinajstić information content (AvgIpc) is 3.07. The van der Waals surface area contributed by atoms with E-state index in [2.05, 4.69) is 11.4 Å². The molecule has 4 aromatic rings. The predicted molar refractivity (Wildman–Crippen MR) is 139 cm³/mol. The number of nitrogens with zero attached hydrogens (tertiary/aromatic N) is 1. The van der Waals surface area contributed by atoms with Crippen molar-refractivity contribution in [3.8, 4) is 11.5 Å². The summed E-state index contributed by atoms with van der Waals surface area (Å²) in [6.45, 7) is 0. The molecule has 0 aromatic heterocycles. The maximum atomic E-state index is 11.1. The Morgan fingerprint density at radius 1 is 0.829 bits per heavy atom. The van der Waals surface area contributed by atoms with Gasteiger partial charge in [0.1, 0.15) is 17.3 Å². The van der Waals surface area contributed by atoms with Gasteiger partial charge >= 0.3 is 0 Å². The second-order valence-corrected chi connectivity index (χ2v) is 9.00. The topological polar surface area (TPSA) is 73.6 Å². The molecular weight excluding hydrogens is 460 g/mol. The fraction of sp³-hybridized carbons (Fsp3) is 0.0714. The fourth-order valence-corrected chi connectivity index (χ4v) is 5.09. The normalized spacial score (nSPS) is 14.9. The molecule has 1 aliphatic heterocycles. The van der Waals surface area contributed by atoms with Gasteiger partial charge in [0.25, 0.3) is 5.69 Å². The summed E-state index contributed by atoms with van der Waals surface area (Å²) in [7, 11) is 1.64. The molecule has 0 aliphatic carbocycles. The van der Waals surface area contributed by atoms with Gasteiger partial charge in [-0.25, -0.2) is 0 Å². The van der Waals surface area contributed by atoms with Crippen molar-refractivity contribution in [3.05, 3.63) is 130 Å². The zero-order valence-corrected chi connectivity index (χ0v) is 19.7. The Balaban J connectivity index is 1.68. The van der Waals surface area contributed by atoms with Crippen molar-refractivity contribution in [3.63, 3.8) is 0 Å². The first-order chi connectivity index (χ1) is 17.1. The van der Waals surface area contributed by atoms with Crippen LogP contribution in [0, 0.1) is 10.1 Å². The SMILES string of the molecule is COc1ccc(C2Sc3ccccc3NC(c3ccccc3)=C2Oc2ccc([N+](=O)[O-])cc2)cc1. The number of anilines is 1. The van der Waals surface area contributed by atoms with Crippen LogP contribution in [0.1, 0.15) is 16.4 Å². The highest BCUT2D eigenvalue weighted by Crippen LogP contribution is 2.49. The molecule has 6 nitrogen and oxygen atoms in total. The molecular formula is C28H22N2O4S. The van der Waals surface area contributed by atoms with Gasteiger partial charge in [0.05, 0.1) is 28.7 Å². The molecule has 1 N–H and O–H groups in total. The van der Waals surface area contributed by atoms with E-state index in [1.54, 1.807) is 31.0 Å². The van der Waals surface area contributed by atoms with Crippen LogP contribution in [-0.2, 0) is 0 Å². The van der Waals surface area contributed by atoms with Gasteiger partial charge < -0.3 is 14.8 Å². The quantitative estimate of drug-likeness (QED) is 0.229. The van der Waals surface area contributed by atoms with Crippen LogP contribution in [0.3, 0.4) is 0 Å². The summed E-state index contributed by atoms with van der Waals surface area (Å²) in [5, 5.41) is 14.5.